The second kappa shape index (κ2) is 9.39. The maximum atomic E-state index is 11.8. The van der Waals surface area contributed by atoms with Gasteiger partial charge >= 0.3 is 5.97 Å². The zero-order valence-electron chi connectivity index (χ0n) is 12.4. The molecule has 0 spiro atoms. The average molecular weight is 310 g/mol. The van der Waals surface area contributed by atoms with Crippen LogP contribution in [0.25, 0.3) is 0 Å². The molecule has 1 aromatic rings. The molecule has 0 fully saturated rings. The average Bonchev–Trinajstić information content (AvgIpc) is 2.46. The smallest absolute Gasteiger partial charge is 0.306 e. The molecule has 1 rings (SSSR count). The van der Waals surface area contributed by atoms with Crippen molar-refractivity contribution in [2.24, 2.45) is 5.92 Å². The van der Waals surface area contributed by atoms with Gasteiger partial charge in [0.05, 0.1) is 11.7 Å². The quantitative estimate of drug-likeness (QED) is 0.685. The van der Waals surface area contributed by atoms with E-state index in [9.17, 15) is 9.59 Å². The van der Waals surface area contributed by atoms with Crippen molar-refractivity contribution in [3.63, 3.8) is 0 Å². The number of carbonyl (C=O) groups excluding carboxylic acids is 1. The first-order valence-electron chi connectivity index (χ1n) is 7.04. The Morgan fingerprint density at radius 2 is 1.95 bits per heavy atom. The van der Waals surface area contributed by atoms with Crippen LogP contribution in [0, 0.1) is 5.92 Å². The van der Waals surface area contributed by atoms with E-state index in [0.29, 0.717) is 12.2 Å². The van der Waals surface area contributed by atoms with Crippen LogP contribution >= 0.6 is 11.8 Å². The SMILES string of the molecule is CC(CCCC(C)C(=O)O)NC(=O)CSc1ccncc1. The van der Waals surface area contributed by atoms with Gasteiger partial charge in [-0.15, -0.1) is 11.8 Å². The Kier molecular flexibility index (Phi) is 7.82. The third kappa shape index (κ3) is 7.70. The molecule has 5 nitrogen and oxygen atoms in total. The van der Waals surface area contributed by atoms with E-state index >= 15 is 0 Å². The van der Waals surface area contributed by atoms with Crippen molar-refractivity contribution in [3.05, 3.63) is 24.5 Å². The molecule has 21 heavy (non-hydrogen) atoms. The summed E-state index contributed by atoms with van der Waals surface area (Å²) in [5.74, 6) is -0.717. The largest absolute Gasteiger partial charge is 0.481 e. The van der Waals surface area contributed by atoms with Gasteiger partial charge in [0, 0.05) is 23.3 Å². The highest BCUT2D eigenvalue weighted by atomic mass is 32.2. The fourth-order valence-corrected chi connectivity index (χ4v) is 2.52. The van der Waals surface area contributed by atoms with E-state index in [1.165, 1.54) is 11.8 Å². The van der Waals surface area contributed by atoms with Gasteiger partial charge in [0.25, 0.3) is 0 Å². The maximum Gasteiger partial charge on any atom is 0.306 e. The predicted molar refractivity (Wildman–Crippen MR) is 83.2 cm³/mol. The van der Waals surface area contributed by atoms with Gasteiger partial charge in [-0.2, -0.15) is 0 Å². The van der Waals surface area contributed by atoms with Gasteiger partial charge in [-0.1, -0.05) is 13.3 Å². The van der Waals surface area contributed by atoms with Gasteiger partial charge in [-0.05, 0) is 31.9 Å². The number of rotatable bonds is 9. The third-order valence-electron chi connectivity index (χ3n) is 3.12. The zero-order chi connectivity index (χ0) is 15.7. The van der Waals surface area contributed by atoms with Crippen molar-refractivity contribution in [2.45, 2.75) is 44.0 Å². The Hall–Kier alpha value is -1.56. The predicted octanol–water partition coefficient (Wildman–Crippen LogP) is 2.57. The summed E-state index contributed by atoms with van der Waals surface area (Å²) in [4.78, 5) is 27.4. The number of thioether (sulfide) groups is 1. The van der Waals surface area contributed by atoms with Gasteiger partial charge in [-0.3, -0.25) is 14.6 Å². The van der Waals surface area contributed by atoms with Crippen LogP contribution in [0.1, 0.15) is 33.1 Å². The van der Waals surface area contributed by atoms with E-state index < -0.39 is 5.97 Å². The Labute approximate surface area is 129 Å². The summed E-state index contributed by atoms with van der Waals surface area (Å²) < 4.78 is 0. The fourth-order valence-electron chi connectivity index (χ4n) is 1.83. The van der Waals surface area contributed by atoms with E-state index in [4.69, 9.17) is 5.11 Å². The zero-order valence-corrected chi connectivity index (χ0v) is 13.2. The third-order valence-corrected chi connectivity index (χ3v) is 4.13. The maximum absolute atomic E-state index is 11.8. The fraction of sp³-hybridized carbons (Fsp3) is 0.533. The molecular weight excluding hydrogens is 288 g/mol. The number of aromatic nitrogens is 1. The van der Waals surface area contributed by atoms with Crippen molar-refractivity contribution in [2.75, 3.05) is 5.75 Å². The molecule has 2 atom stereocenters. The monoisotopic (exact) mass is 310 g/mol. The van der Waals surface area contributed by atoms with Crippen molar-refractivity contribution in [1.82, 2.24) is 10.3 Å². The minimum atomic E-state index is -0.763. The molecule has 0 radical (unpaired) electrons. The van der Waals surface area contributed by atoms with Gasteiger partial charge in [0.2, 0.25) is 5.91 Å². The van der Waals surface area contributed by atoms with Crippen LogP contribution in [0.2, 0.25) is 0 Å². The molecule has 0 bridgehead atoms. The van der Waals surface area contributed by atoms with E-state index in [2.05, 4.69) is 10.3 Å². The number of hydrogen-bond acceptors (Lipinski definition) is 4. The number of amides is 1. The summed E-state index contributed by atoms with van der Waals surface area (Å²) in [6.07, 6.45) is 5.63. The Morgan fingerprint density at radius 3 is 2.57 bits per heavy atom. The molecule has 0 saturated heterocycles. The highest BCUT2D eigenvalue weighted by Crippen LogP contribution is 2.16. The molecule has 116 valence electrons. The first kappa shape index (κ1) is 17.5. The van der Waals surface area contributed by atoms with Crippen LogP contribution in [0.3, 0.4) is 0 Å². The lowest BCUT2D eigenvalue weighted by atomic mass is 10.0. The lowest BCUT2D eigenvalue weighted by Gasteiger charge is -2.14. The summed E-state index contributed by atoms with van der Waals surface area (Å²) in [5.41, 5.74) is 0. The molecule has 1 amide bonds. The summed E-state index contributed by atoms with van der Waals surface area (Å²) in [7, 11) is 0. The Balaban J connectivity index is 2.17. The van der Waals surface area contributed by atoms with E-state index in [-0.39, 0.29) is 17.9 Å². The van der Waals surface area contributed by atoms with Crippen LogP contribution in [0.5, 0.6) is 0 Å². The molecule has 0 aliphatic rings. The number of hydrogen-bond donors (Lipinski definition) is 2. The minimum absolute atomic E-state index is 0.00408. The number of nitrogens with zero attached hydrogens (tertiary/aromatic N) is 1. The highest BCUT2D eigenvalue weighted by Gasteiger charge is 2.12. The van der Waals surface area contributed by atoms with Gasteiger partial charge in [0.1, 0.15) is 0 Å². The molecule has 2 N–H and O–H groups in total. The molecule has 1 aromatic heterocycles. The van der Waals surface area contributed by atoms with E-state index in [1.807, 2.05) is 19.1 Å². The minimum Gasteiger partial charge on any atom is -0.481 e. The van der Waals surface area contributed by atoms with Crippen LogP contribution in [-0.4, -0.2) is 33.8 Å². The van der Waals surface area contributed by atoms with Crippen molar-refractivity contribution in [1.29, 1.82) is 0 Å². The molecule has 0 saturated carbocycles. The Morgan fingerprint density at radius 1 is 1.29 bits per heavy atom. The lowest BCUT2D eigenvalue weighted by molar-refractivity contribution is -0.141. The van der Waals surface area contributed by atoms with Crippen molar-refractivity contribution >= 4 is 23.6 Å². The molecule has 0 aliphatic heterocycles. The van der Waals surface area contributed by atoms with Crippen molar-refractivity contribution in [3.8, 4) is 0 Å². The second-order valence-corrected chi connectivity index (χ2v) is 6.16. The number of carbonyl (C=O) groups is 2. The number of carboxylic acids is 1. The normalized spacial score (nSPS) is 13.4. The summed E-state index contributed by atoms with van der Waals surface area (Å²) in [6, 6.07) is 3.81. The molecule has 1 heterocycles. The molecule has 0 aromatic carbocycles. The molecule has 6 heteroatoms. The van der Waals surface area contributed by atoms with E-state index in [0.717, 1.165) is 17.7 Å². The second-order valence-electron chi connectivity index (χ2n) is 5.11. The topological polar surface area (TPSA) is 79.3 Å². The van der Waals surface area contributed by atoms with E-state index in [1.54, 1.807) is 19.3 Å². The molecule has 2 unspecified atom stereocenters. The van der Waals surface area contributed by atoms with Crippen LogP contribution in [-0.2, 0) is 9.59 Å². The van der Waals surface area contributed by atoms with Gasteiger partial charge in [-0.25, -0.2) is 0 Å². The number of aliphatic carboxylic acids is 1. The number of pyridine rings is 1. The van der Waals surface area contributed by atoms with Gasteiger partial charge < -0.3 is 10.4 Å². The Bertz CT molecular complexity index is 453. The molecular formula is C15H22N2O3S. The van der Waals surface area contributed by atoms with Crippen LogP contribution in [0.4, 0.5) is 0 Å². The first-order chi connectivity index (χ1) is 9.99. The number of carboxylic acid groups (broad SMARTS) is 1. The first-order valence-corrected chi connectivity index (χ1v) is 8.02. The number of nitrogens with one attached hydrogen (secondary N) is 1. The summed E-state index contributed by atoms with van der Waals surface area (Å²) in [6.45, 7) is 3.65. The molecule has 0 aliphatic carbocycles. The standard InChI is InChI=1S/C15H22N2O3S/c1-11(15(19)20)4-3-5-12(2)17-14(18)10-21-13-6-8-16-9-7-13/h6-9,11-12H,3-5,10H2,1-2H3,(H,17,18)(H,19,20). The lowest BCUT2D eigenvalue weighted by Crippen LogP contribution is -2.33. The summed E-state index contributed by atoms with van der Waals surface area (Å²) in [5, 5.41) is 11.7. The van der Waals surface area contributed by atoms with Gasteiger partial charge in [0.15, 0.2) is 0 Å². The van der Waals surface area contributed by atoms with Crippen molar-refractivity contribution < 1.29 is 14.7 Å². The van der Waals surface area contributed by atoms with Crippen LogP contribution in [0.15, 0.2) is 29.4 Å². The highest BCUT2D eigenvalue weighted by molar-refractivity contribution is 8.00. The van der Waals surface area contributed by atoms with Crippen LogP contribution < -0.4 is 5.32 Å². The summed E-state index contributed by atoms with van der Waals surface area (Å²) >= 11 is 1.47.